The van der Waals surface area contributed by atoms with Crippen molar-refractivity contribution in [3.8, 4) is 0 Å². The van der Waals surface area contributed by atoms with Gasteiger partial charge in [-0.15, -0.1) is 0 Å². The summed E-state index contributed by atoms with van der Waals surface area (Å²) in [5, 5.41) is 0.479. The Hall–Kier alpha value is -3.41. The van der Waals surface area contributed by atoms with Crippen LogP contribution in [0.4, 0.5) is 0 Å². The maximum atomic E-state index is 13.5. The first-order valence-corrected chi connectivity index (χ1v) is 10.9. The van der Waals surface area contributed by atoms with E-state index in [1.807, 2.05) is 58.9 Å². The van der Waals surface area contributed by atoms with Gasteiger partial charge in [-0.3, -0.25) is 14.0 Å². The molecule has 31 heavy (non-hydrogen) atoms. The summed E-state index contributed by atoms with van der Waals surface area (Å²) in [6.07, 6.45) is 3.82. The van der Waals surface area contributed by atoms with Crippen LogP contribution in [-0.2, 0) is 6.54 Å². The van der Waals surface area contributed by atoms with Crippen LogP contribution in [-0.4, -0.2) is 37.8 Å². The molecule has 0 atom stereocenters. The number of benzene rings is 1. The van der Waals surface area contributed by atoms with Crippen LogP contribution in [0.1, 0.15) is 41.4 Å². The normalized spacial score (nSPS) is 15.1. The molecule has 0 N–H and O–H groups in total. The van der Waals surface area contributed by atoms with Crippen LogP contribution in [0.25, 0.3) is 16.7 Å². The number of aryl methyl sites for hydroxylation is 1. The molecule has 0 saturated carbocycles. The minimum atomic E-state index is -0.142. The highest BCUT2D eigenvalue weighted by atomic mass is 16.2. The van der Waals surface area contributed by atoms with Gasteiger partial charge >= 0.3 is 0 Å². The van der Waals surface area contributed by atoms with Gasteiger partial charge in [0.2, 0.25) is 0 Å². The zero-order valence-corrected chi connectivity index (χ0v) is 17.9. The monoisotopic (exact) mass is 414 g/mol. The number of piperidine rings is 1. The molecule has 1 aliphatic heterocycles. The lowest BCUT2D eigenvalue weighted by atomic mass is 9.99. The molecule has 0 aliphatic carbocycles. The van der Waals surface area contributed by atoms with Crippen LogP contribution in [0.2, 0.25) is 0 Å². The second-order valence-corrected chi connectivity index (χ2v) is 8.66. The molecular weight excluding hydrogens is 388 g/mol. The first kappa shape index (κ1) is 19.5. The van der Waals surface area contributed by atoms with Gasteiger partial charge in [-0.25, -0.2) is 4.98 Å². The lowest BCUT2D eigenvalue weighted by Crippen LogP contribution is -2.38. The Balaban J connectivity index is 1.70. The van der Waals surface area contributed by atoms with Gasteiger partial charge in [0.05, 0.1) is 5.39 Å². The number of hydrogen-bond acceptors (Lipinski definition) is 3. The van der Waals surface area contributed by atoms with Crippen molar-refractivity contribution >= 4 is 22.6 Å². The molecule has 4 heterocycles. The van der Waals surface area contributed by atoms with Crippen molar-refractivity contribution in [2.45, 2.75) is 33.2 Å². The number of carbonyl (C=O) groups is 1. The van der Waals surface area contributed by atoms with Gasteiger partial charge in [-0.2, -0.15) is 0 Å². The molecule has 6 nitrogen and oxygen atoms in total. The fourth-order valence-corrected chi connectivity index (χ4v) is 4.38. The molecule has 5 rings (SSSR count). The number of carbonyl (C=O) groups excluding carboxylic acids is 1. The highest BCUT2D eigenvalue weighted by Gasteiger charge is 2.26. The van der Waals surface area contributed by atoms with E-state index >= 15 is 0 Å². The van der Waals surface area contributed by atoms with E-state index in [0.29, 0.717) is 34.8 Å². The van der Waals surface area contributed by atoms with E-state index in [9.17, 15) is 9.59 Å². The van der Waals surface area contributed by atoms with E-state index < -0.39 is 0 Å². The van der Waals surface area contributed by atoms with Gasteiger partial charge in [0.15, 0.2) is 0 Å². The highest BCUT2D eigenvalue weighted by Crippen LogP contribution is 2.23. The molecule has 0 radical (unpaired) electrons. The molecular formula is C25H26N4O2. The number of nitrogens with zero attached hydrogens (tertiary/aromatic N) is 4. The number of amides is 1. The summed E-state index contributed by atoms with van der Waals surface area (Å²) >= 11 is 0. The van der Waals surface area contributed by atoms with Crippen molar-refractivity contribution in [2.24, 2.45) is 5.92 Å². The van der Waals surface area contributed by atoms with Gasteiger partial charge in [-0.05, 0) is 48.9 Å². The first-order valence-electron chi connectivity index (χ1n) is 10.9. The largest absolute Gasteiger partial charge is 0.337 e. The summed E-state index contributed by atoms with van der Waals surface area (Å²) in [4.78, 5) is 33.5. The van der Waals surface area contributed by atoms with Gasteiger partial charge in [0.25, 0.3) is 11.5 Å². The lowest BCUT2D eigenvalue weighted by Gasteiger charge is -2.30. The minimum absolute atomic E-state index is 0.0227. The Kier molecular flexibility index (Phi) is 4.85. The number of aromatic nitrogens is 3. The van der Waals surface area contributed by atoms with Crippen molar-refractivity contribution in [2.75, 3.05) is 13.1 Å². The van der Waals surface area contributed by atoms with E-state index in [1.165, 1.54) is 0 Å². The average Bonchev–Trinajstić information content (AvgIpc) is 3.13. The zero-order chi connectivity index (χ0) is 21.5. The summed E-state index contributed by atoms with van der Waals surface area (Å²) in [5.41, 5.74) is 3.58. The van der Waals surface area contributed by atoms with E-state index in [0.717, 1.165) is 37.1 Å². The Morgan fingerprint density at radius 1 is 1.10 bits per heavy atom. The Bertz CT molecular complexity index is 1330. The molecule has 0 bridgehead atoms. The lowest BCUT2D eigenvalue weighted by molar-refractivity contribution is 0.0687. The number of hydrogen-bond donors (Lipinski definition) is 0. The van der Waals surface area contributed by atoms with E-state index in [-0.39, 0.29) is 11.5 Å². The Morgan fingerprint density at radius 3 is 2.58 bits per heavy atom. The first-order chi connectivity index (χ1) is 15.0. The smallest absolute Gasteiger partial charge is 0.270 e. The molecule has 1 fully saturated rings. The second kappa shape index (κ2) is 7.69. The van der Waals surface area contributed by atoms with Crippen LogP contribution >= 0.6 is 0 Å². The van der Waals surface area contributed by atoms with Gasteiger partial charge in [0.1, 0.15) is 17.0 Å². The fraction of sp³-hybridized carbons (Fsp3) is 0.320. The summed E-state index contributed by atoms with van der Waals surface area (Å²) in [6, 6.07) is 15.5. The third kappa shape index (κ3) is 3.52. The summed E-state index contributed by atoms with van der Waals surface area (Å²) in [7, 11) is 0. The van der Waals surface area contributed by atoms with Crippen molar-refractivity contribution < 1.29 is 4.79 Å². The van der Waals surface area contributed by atoms with Crippen LogP contribution in [0.5, 0.6) is 0 Å². The highest BCUT2D eigenvalue weighted by molar-refractivity contribution is 5.98. The van der Waals surface area contributed by atoms with Gasteiger partial charge in [-0.1, -0.05) is 43.3 Å². The van der Waals surface area contributed by atoms with Crippen LogP contribution in [0.15, 0.2) is 59.5 Å². The molecule has 1 saturated heterocycles. The fourth-order valence-electron chi connectivity index (χ4n) is 4.38. The third-order valence-corrected chi connectivity index (χ3v) is 6.29. The van der Waals surface area contributed by atoms with Crippen molar-refractivity contribution in [1.29, 1.82) is 0 Å². The van der Waals surface area contributed by atoms with Crippen molar-refractivity contribution in [1.82, 2.24) is 18.9 Å². The summed E-state index contributed by atoms with van der Waals surface area (Å²) in [5.74, 6) is 0.615. The molecule has 1 aromatic carbocycles. The molecule has 4 aromatic rings. The molecule has 0 spiro atoms. The Morgan fingerprint density at radius 2 is 1.84 bits per heavy atom. The molecule has 0 unspecified atom stereocenters. The van der Waals surface area contributed by atoms with Crippen molar-refractivity contribution in [3.63, 3.8) is 0 Å². The second-order valence-electron chi connectivity index (χ2n) is 8.66. The number of likely N-dealkylation sites (tertiary alicyclic amines) is 1. The van der Waals surface area contributed by atoms with Crippen LogP contribution in [0, 0.1) is 12.8 Å². The van der Waals surface area contributed by atoms with E-state index in [1.54, 1.807) is 16.7 Å². The number of rotatable bonds is 3. The molecule has 1 aliphatic rings. The summed E-state index contributed by atoms with van der Waals surface area (Å²) in [6.45, 7) is 6.17. The number of fused-ring (bicyclic) bond motifs is 2. The molecule has 6 heteroatoms. The topological polar surface area (TPSA) is 59.6 Å². The predicted molar refractivity (Wildman–Crippen MR) is 122 cm³/mol. The summed E-state index contributed by atoms with van der Waals surface area (Å²) < 4.78 is 3.48. The molecule has 158 valence electrons. The average molecular weight is 415 g/mol. The van der Waals surface area contributed by atoms with E-state index in [4.69, 9.17) is 4.98 Å². The quantitative estimate of drug-likeness (QED) is 0.511. The van der Waals surface area contributed by atoms with Crippen LogP contribution in [0.3, 0.4) is 0 Å². The predicted octanol–water partition coefficient (Wildman–Crippen LogP) is 3.88. The van der Waals surface area contributed by atoms with E-state index in [2.05, 4.69) is 6.92 Å². The zero-order valence-electron chi connectivity index (χ0n) is 17.9. The third-order valence-electron chi connectivity index (χ3n) is 6.29. The maximum absolute atomic E-state index is 13.5. The standard InChI is InChI=1S/C25H26N4O2/c1-17-10-12-27(13-11-17)25(31)21-14-20-23(28(21)16-19-6-4-3-5-7-19)26-22-9-8-18(2)15-29(22)24(20)30/h3-9,14-15,17H,10-13,16H2,1-2H3. The van der Waals surface area contributed by atoms with Crippen molar-refractivity contribution in [3.05, 3.63) is 81.9 Å². The molecule has 3 aromatic heterocycles. The van der Waals surface area contributed by atoms with Gasteiger partial charge < -0.3 is 9.47 Å². The molecule has 1 amide bonds. The maximum Gasteiger partial charge on any atom is 0.270 e. The van der Waals surface area contributed by atoms with Gasteiger partial charge in [0, 0.05) is 25.8 Å². The number of pyridine rings is 1. The minimum Gasteiger partial charge on any atom is -0.337 e. The van der Waals surface area contributed by atoms with Crippen LogP contribution < -0.4 is 5.56 Å². The Labute approximate surface area is 180 Å². The SMILES string of the molecule is Cc1ccc2nc3c(cc(C(=O)N4CCC(C)CC4)n3Cc3ccccc3)c(=O)n2c1.